The fourth-order valence-corrected chi connectivity index (χ4v) is 3.75. The van der Waals surface area contributed by atoms with E-state index in [4.69, 9.17) is 9.47 Å². The third kappa shape index (κ3) is 3.94. The van der Waals surface area contributed by atoms with Gasteiger partial charge in [-0.25, -0.2) is 0 Å². The summed E-state index contributed by atoms with van der Waals surface area (Å²) in [5, 5.41) is -0.285. The second-order valence-electron chi connectivity index (χ2n) is 5.51. The van der Waals surface area contributed by atoms with Crippen LogP contribution >= 0.6 is 27.7 Å². The molecule has 2 aromatic carbocycles. The Kier molecular flexibility index (Phi) is 5.68. The molecule has 0 N–H and O–H groups in total. The number of nitrogens with zero attached hydrogens (tertiary/aromatic N) is 1. The lowest BCUT2D eigenvalue weighted by Gasteiger charge is -2.13. The topological polar surface area (TPSA) is 55.8 Å². The molecular weight excluding hydrogens is 418 g/mol. The average Bonchev–Trinajstić information content (AvgIpc) is 2.90. The lowest BCUT2D eigenvalue weighted by Crippen LogP contribution is -2.27. The molecule has 1 saturated heterocycles. The van der Waals surface area contributed by atoms with Crippen molar-refractivity contribution in [2.45, 2.75) is 6.54 Å². The first-order valence-electron chi connectivity index (χ1n) is 7.73. The zero-order valence-electron chi connectivity index (χ0n) is 14.2. The van der Waals surface area contributed by atoms with Crippen molar-refractivity contribution in [1.29, 1.82) is 0 Å². The first kappa shape index (κ1) is 18.5. The van der Waals surface area contributed by atoms with Crippen LogP contribution in [-0.4, -0.2) is 30.3 Å². The van der Waals surface area contributed by atoms with Crippen LogP contribution in [0.15, 0.2) is 51.8 Å². The number of ether oxygens (including phenoxy) is 2. The summed E-state index contributed by atoms with van der Waals surface area (Å²) in [6, 6.07) is 12.8. The first-order chi connectivity index (χ1) is 12.5. The third-order valence-corrected chi connectivity index (χ3v) is 5.51. The number of thioether (sulfide) groups is 1. The highest BCUT2D eigenvalue weighted by Crippen LogP contribution is 2.35. The number of hydrogen-bond donors (Lipinski definition) is 0. The number of benzene rings is 2. The van der Waals surface area contributed by atoms with E-state index in [1.54, 1.807) is 38.5 Å². The van der Waals surface area contributed by atoms with Gasteiger partial charge in [0.05, 0.1) is 25.7 Å². The SMILES string of the molecule is COc1cc(/C=C2\SC(=O)N(Cc3ccccc3Br)C2=O)cc(OC)c1. The molecule has 0 spiro atoms. The number of rotatable bonds is 5. The van der Waals surface area contributed by atoms with Crippen LogP contribution in [0, 0.1) is 0 Å². The number of carbonyl (C=O) groups excluding carboxylic acids is 2. The normalized spacial score (nSPS) is 15.7. The molecule has 1 fully saturated rings. The van der Waals surface area contributed by atoms with Crippen molar-refractivity contribution in [1.82, 2.24) is 4.90 Å². The highest BCUT2D eigenvalue weighted by molar-refractivity contribution is 9.10. The highest BCUT2D eigenvalue weighted by Gasteiger charge is 2.35. The second-order valence-corrected chi connectivity index (χ2v) is 7.35. The van der Waals surface area contributed by atoms with Gasteiger partial charge in [-0.1, -0.05) is 34.1 Å². The van der Waals surface area contributed by atoms with E-state index in [0.29, 0.717) is 16.4 Å². The fraction of sp³-hybridized carbons (Fsp3) is 0.158. The number of amides is 2. The summed E-state index contributed by atoms with van der Waals surface area (Å²) in [6.07, 6.45) is 1.68. The predicted molar refractivity (Wildman–Crippen MR) is 105 cm³/mol. The molecule has 0 unspecified atom stereocenters. The standard InChI is InChI=1S/C19H16BrNO4S/c1-24-14-7-12(8-15(10-14)25-2)9-17-18(22)21(19(23)26-17)11-13-5-3-4-6-16(13)20/h3-10H,11H2,1-2H3/b17-9-. The van der Waals surface area contributed by atoms with E-state index in [2.05, 4.69) is 15.9 Å². The van der Waals surface area contributed by atoms with Crippen molar-refractivity contribution >= 4 is 44.9 Å². The molecule has 0 radical (unpaired) electrons. The van der Waals surface area contributed by atoms with Crippen LogP contribution in [0.1, 0.15) is 11.1 Å². The summed E-state index contributed by atoms with van der Waals surface area (Å²) in [4.78, 5) is 26.6. The molecule has 134 valence electrons. The van der Waals surface area contributed by atoms with Gasteiger partial charge in [0.2, 0.25) is 0 Å². The molecule has 2 amide bonds. The smallest absolute Gasteiger partial charge is 0.293 e. The molecule has 1 aliphatic rings. The van der Waals surface area contributed by atoms with Crippen molar-refractivity contribution < 1.29 is 19.1 Å². The van der Waals surface area contributed by atoms with Crippen molar-refractivity contribution in [2.24, 2.45) is 0 Å². The van der Waals surface area contributed by atoms with Gasteiger partial charge in [0, 0.05) is 10.5 Å². The van der Waals surface area contributed by atoms with Crippen LogP contribution in [0.3, 0.4) is 0 Å². The monoisotopic (exact) mass is 433 g/mol. The van der Waals surface area contributed by atoms with E-state index in [0.717, 1.165) is 27.4 Å². The molecule has 0 atom stereocenters. The van der Waals surface area contributed by atoms with E-state index in [1.807, 2.05) is 24.3 Å². The molecule has 1 aliphatic heterocycles. The molecule has 0 bridgehead atoms. The molecule has 5 nitrogen and oxygen atoms in total. The van der Waals surface area contributed by atoms with E-state index in [-0.39, 0.29) is 17.7 Å². The van der Waals surface area contributed by atoms with Crippen molar-refractivity contribution in [2.75, 3.05) is 14.2 Å². The van der Waals surface area contributed by atoms with Crippen LogP contribution in [0.25, 0.3) is 6.08 Å². The fourth-order valence-electron chi connectivity index (χ4n) is 2.50. The zero-order chi connectivity index (χ0) is 18.7. The summed E-state index contributed by atoms with van der Waals surface area (Å²) in [6.45, 7) is 0.227. The van der Waals surface area contributed by atoms with Gasteiger partial charge in [-0.15, -0.1) is 0 Å². The number of halogens is 1. The minimum Gasteiger partial charge on any atom is -0.497 e. The van der Waals surface area contributed by atoms with Gasteiger partial charge in [-0.3, -0.25) is 14.5 Å². The molecule has 0 saturated carbocycles. The lowest BCUT2D eigenvalue weighted by atomic mass is 10.1. The van der Waals surface area contributed by atoms with E-state index >= 15 is 0 Å². The second kappa shape index (κ2) is 7.97. The number of imide groups is 1. The van der Waals surface area contributed by atoms with Crippen LogP contribution < -0.4 is 9.47 Å². The van der Waals surface area contributed by atoms with Crippen molar-refractivity contribution in [3.05, 3.63) is 63.0 Å². The first-order valence-corrected chi connectivity index (χ1v) is 9.34. The summed E-state index contributed by atoms with van der Waals surface area (Å²) < 4.78 is 11.3. The lowest BCUT2D eigenvalue weighted by molar-refractivity contribution is -0.123. The maximum absolute atomic E-state index is 12.7. The predicted octanol–water partition coefficient (Wildman–Crippen LogP) is 4.70. The van der Waals surface area contributed by atoms with E-state index < -0.39 is 0 Å². The molecule has 2 aromatic rings. The van der Waals surface area contributed by atoms with Gasteiger partial charge < -0.3 is 9.47 Å². The molecule has 1 heterocycles. The minimum atomic E-state index is -0.308. The molecular formula is C19H16BrNO4S. The third-order valence-electron chi connectivity index (χ3n) is 3.83. The summed E-state index contributed by atoms with van der Waals surface area (Å²) in [5.41, 5.74) is 1.60. The number of hydrogen-bond acceptors (Lipinski definition) is 5. The molecule has 26 heavy (non-hydrogen) atoms. The molecule has 3 rings (SSSR count). The van der Waals surface area contributed by atoms with E-state index in [9.17, 15) is 9.59 Å². The van der Waals surface area contributed by atoms with Crippen molar-refractivity contribution in [3.8, 4) is 11.5 Å². The van der Waals surface area contributed by atoms with E-state index in [1.165, 1.54) is 4.90 Å². The summed E-state index contributed by atoms with van der Waals surface area (Å²) in [5.74, 6) is 0.920. The van der Waals surface area contributed by atoms with Crippen LogP contribution in [-0.2, 0) is 11.3 Å². The van der Waals surface area contributed by atoms with Crippen LogP contribution in [0.5, 0.6) is 11.5 Å². The summed E-state index contributed by atoms with van der Waals surface area (Å²) >= 11 is 4.38. The van der Waals surface area contributed by atoms with Gasteiger partial charge in [-0.05, 0) is 47.2 Å². The maximum Gasteiger partial charge on any atom is 0.293 e. The highest BCUT2D eigenvalue weighted by atomic mass is 79.9. The molecule has 7 heteroatoms. The van der Waals surface area contributed by atoms with Gasteiger partial charge in [0.15, 0.2) is 0 Å². The van der Waals surface area contributed by atoms with Gasteiger partial charge in [0.25, 0.3) is 11.1 Å². The Morgan fingerprint density at radius 2 is 1.73 bits per heavy atom. The Balaban J connectivity index is 1.87. The van der Waals surface area contributed by atoms with Gasteiger partial charge in [0.1, 0.15) is 11.5 Å². The van der Waals surface area contributed by atoms with Gasteiger partial charge in [-0.2, -0.15) is 0 Å². The molecule has 0 aromatic heterocycles. The van der Waals surface area contributed by atoms with Gasteiger partial charge >= 0.3 is 0 Å². The quantitative estimate of drug-likeness (QED) is 0.639. The Bertz CT molecular complexity index is 875. The minimum absolute atomic E-state index is 0.227. The molecule has 0 aliphatic carbocycles. The van der Waals surface area contributed by atoms with Crippen LogP contribution in [0.4, 0.5) is 4.79 Å². The Morgan fingerprint density at radius 3 is 2.35 bits per heavy atom. The Morgan fingerprint density at radius 1 is 1.08 bits per heavy atom. The average molecular weight is 434 g/mol. The van der Waals surface area contributed by atoms with Crippen molar-refractivity contribution in [3.63, 3.8) is 0 Å². The number of methoxy groups -OCH3 is 2. The Hall–Kier alpha value is -2.25. The Labute approximate surface area is 164 Å². The maximum atomic E-state index is 12.7. The van der Waals surface area contributed by atoms with Crippen LogP contribution in [0.2, 0.25) is 0 Å². The zero-order valence-corrected chi connectivity index (χ0v) is 16.6. The largest absolute Gasteiger partial charge is 0.497 e. The number of carbonyl (C=O) groups is 2. The summed E-state index contributed by atoms with van der Waals surface area (Å²) in [7, 11) is 3.12.